The van der Waals surface area contributed by atoms with E-state index in [9.17, 15) is 0 Å². The number of rotatable bonds is 5. The highest BCUT2D eigenvalue weighted by Gasteiger charge is 2.22. The van der Waals surface area contributed by atoms with Crippen molar-refractivity contribution in [1.82, 2.24) is 9.97 Å². The van der Waals surface area contributed by atoms with Crippen molar-refractivity contribution in [3.05, 3.63) is 53.5 Å². The number of hydrogen-bond acceptors (Lipinski definition) is 3. The summed E-state index contributed by atoms with van der Waals surface area (Å²) < 4.78 is 0. The number of pyridine rings is 2. The largest absolute Gasteiger partial charge is 0.369 e. The fraction of sp³-hybridized carbons (Fsp3) is 0.444. The van der Waals surface area contributed by atoms with Crippen molar-refractivity contribution >= 4 is 5.82 Å². The monoisotopic (exact) mass is 281 g/mol. The molecule has 1 aliphatic rings. The molecule has 0 saturated carbocycles. The first kappa shape index (κ1) is 14.1. The highest BCUT2D eigenvalue weighted by molar-refractivity contribution is 5.52. The Morgan fingerprint density at radius 2 is 2.14 bits per heavy atom. The lowest BCUT2D eigenvalue weighted by Gasteiger charge is -2.10. The van der Waals surface area contributed by atoms with Crippen LogP contribution in [0.4, 0.5) is 5.82 Å². The van der Waals surface area contributed by atoms with Gasteiger partial charge in [0, 0.05) is 30.6 Å². The highest BCUT2D eigenvalue weighted by Crippen LogP contribution is 2.31. The van der Waals surface area contributed by atoms with E-state index in [1.165, 1.54) is 23.2 Å². The van der Waals surface area contributed by atoms with E-state index in [4.69, 9.17) is 0 Å². The van der Waals surface area contributed by atoms with Gasteiger partial charge in [0.15, 0.2) is 0 Å². The molecule has 1 N–H and O–H groups in total. The van der Waals surface area contributed by atoms with E-state index >= 15 is 0 Å². The van der Waals surface area contributed by atoms with E-state index in [1.807, 2.05) is 18.5 Å². The average Bonchev–Trinajstić information content (AvgIpc) is 2.90. The standard InChI is InChI=1S/C18H23N3/c1-13(2)5-7-16-8-6-14(11-20-16)10-15-12-21-18-17(15)4-3-9-19-18/h3-4,6,8-9,11,13,15H,5,7,10,12H2,1-2H3,(H,19,21). The lowest BCUT2D eigenvalue weighted by atomic mass is 9.95. The van der Waals surface area contributed by atoms with Gasteiger partial charge in [-0.25, -0.2) is 4.98 Å². The SMILES string of the molecule is CC(C)CCc1ccc(CC2CNc3ncccc32)cn1. The fourth-order valence-corrected chi connectivity index (χ4v) is 2.85. The van der Waals surface area contributed by atoms with Gasteiger partial charge in [0.25, 0.3) is 0 Å². The van der Waals surface area contributed by atoms with Crippen LogP contribution < -0.4 is 5.32 Å². The Morgan fingerprint density at radius 1 is 1.24 bits per heavy atom. The molecule has 0 aliphatic carbocycles. The topological polar surface area (TPSA) is 37.8 Å². The number of anilines is 1. The third-order valence-corrected chi connectivity index (χ3v) is 4.14. The normalized spacial score (nSPS) is 16.8. The Kier molecular flexibility index (Phi) is 4.18. The van der Waals surface area contributed by atoms with E-state index in [2.05, 4.69) is 47.3 Å². The van der Waals surface area contributed by atoms with Crippen molar-refractivity contribution in [2.75, 3.05) is 11.9 Å². The number of aryl methyl sites for hydroxylation is 1. The highest BCUT2D eigenvalue weighted by atomic mass is 15.0. The predicted octanol–water partition coefficient (Wildman–Crippen LogP) is 3.82. The van der Waals surface area contributed by atoms with Crippen LogP contribution in [-0.2, 0) is 12.8 Å². The van der Waals surface area contributed by atoms with E-state index in [0.29, 0.717) is 5.92 Å². The van der Waals surface area contributed by atoms with Crippen molar-refractivity contribution < 1.29 is 0 Å². The summed E-state index contributed by atoms with van der Waals surface area (Å²) in [5, 5.41) is 3.38. The predicted molar refractivity (Wildman–Crippen MR) is 86.6 cm³/mol. The van der Waals surface area contributed by atoms with Gasteiger partial charge in [-0.15, -0.1) is 0 Å². The molecule has 0 fully saturated rings. The molecule has 110 valence electrons. The molecule has 0 radical (unpaired) electrons. The molecule has 3 heterocycles. The summed E-state index contributed by atoms with van der Waals surface area (Å²) in [6.45, 7) is 5.49. The summed E-state index contributed by atoms with van der Waals surface area (Å²) in [4.78, 5) is 8.99. The molecule has 0 aromatic carbocycles. The Balaban J connectivity index is 1.64. The molecule has 2 aromatic heterocycles. The van der Waals surface area contributed by atoms with Crippen LogP contribution in [0.1, 0.15) is 43.0 Å². The summed E-state index contributed by atoms with van der Waals surface area (Å²) in [5.74, 6) is 2.29. The first-order chi connectivity index (χ1) is 10.2. The van der Waals surface area contributed by atoms with Gasteiger partial charge < -0.3 is 5.32 Å². The zero-order chi connectivity index (χ0) is 14.7. The van der Waals surface area contributed by atoms with Crippen LogP contribution in [0.3, 0.4) is 0 Å². The molecular formula is C18H23N3. The maximum absolute atomic E-state index is 4.61. The van der Waals surface area contributed by atoms with Crippen LogP contribution in [0, 0.1) is 5.92 Å². The number of nitrogens with zero attached hydrogens (tertiary/aromatic N) is 2. The van der Waals surface area contributed by atoms with Gasteiger partial charge in [0.2, 0.25) is 0 Å². The quantitative estimate of drug-likeness (QED) is 0.905. The van der Waals surface area contributed by atoms with Gasteiger partial charge in [0.05, 0.1) is 0 Å². The van der Waals surface area contributed by atoms with E-state index in [0.717, 1.165) is 31.1 Å². The van der Waals surface area contributed by atoms with Gasteiger partial charge in [0.1, 0.15) is 5.82 Å². The van der Waals surface area contributed by atoms with Crippen LogP contribution in [0.5, 0.6) is 0 Å². The third-order valence-electron chi connectivity index (χ3n) is 4.14. The van der Waals surface area contributed by atoms with Gasteiger partial charge in [-0.3, -0.25) is 4.98 Å². The molecule has 21 heavy (non-hydrogen) atoms. The minimum absolute atomic E-state index is 0.511. The Labute approximate surface area is 126 Å². The van der Waals surface area contributed by atoms with E-state index in [1.54, 1.807) is 0 Å². The van der Waals surface area contributed by atoms with Crippen LogP contribution in [0.15, 0.2) is 36.7 Å². The zero-order valence-corrected chi connectivity index (χ0v) is 12.8. The molecule has 3 heteroatoms. The number of aromatic nitrogens is 2. The van der Waals surface area contributed by atoms with Crippen molar-refractivity contribution in [2.45, 2.75) is 39.0 Å². The Morgan fingerprint density at radius 3 is 2.90 bits per heavy atom. The summed E-state index contributed by atoms with van der Waals surface area (Å²) in [5.41, 5.74) is 3.85. The number of fused-ring (bicyclic) bond motifs is 1. The lowest BCUT2D eigenvalue weighted by molar-refractivity contribution is 0.581. The molecule has 0 spiro atoms. The third kappa shape index (κ3) is 3.41. The second-order valence-electron chi connectivity index (χ2n) is 6.31. The minimum Gasteiger partial charge on any atom is -0.369 e. The van der Waals surface area contributed by atoms with Crippen LogP contribution in [0.2, 0.25) is 0 Å². The van der Waals surface area contributed by atoms with E-state index < -0.39 is 0 Å². The minimum atomic E-state index is 0.511. The Bertz CT molecular complexity index is 590. The fourth-order valence-electron chi connectivity index (χ4n) is 2.85. The maximum atomic E-state index is 4.61. The second kappa shape index (κ2) is 6.25. The molecule has 2 aromatic rings. The Hall–Kier alpha value is -1.90. The van der Waals surface area contributed by atoms with Gasteiger partial charge in [-0.2, -0.15) is 0 Å². The van der Waals surface area contributed by atoms with Gasteiger partial charge in [-0.1, -0.05) is 26.0 Å². The summed E-state index contributed by atoms with van der Waals surface area (Å²) >= 11 is 0. The van der Waals surface area contributed by atoms with Crippen molar-refractivity contribution in [3.63, 3.8) is 0 Å². The average molecular weight is 281 g/mol. The zero-order valence-electron chi connectivity index (χ0n) is 12.8. The summed E-state index contributed by atoms with van der Waals surface area (Å²) in [6.07, 6.45) is 7.21. The smallest absolute Gasteiger partial charge is 0.129 e. The lowest BCUT2D eigenvalue weighted by Crippen LogP contribution is -2.06. The molecule has 0 saturated heterocycles. The molecule has 3 rings (SSSR count). The van der Waals surface area contributed by atoms with Crippen molar-refractivity contribution in [2.24, 2.45) is 5.92 Å². The first-order valence-corrected chi connectivity index (χ1v) is 7.85. The number of hydrogen-bond donors (Lipinski definition) is 1. The van der Waals surface area contributed by atoms with Crippen LogP contribution in [-0.4, -0.2) is 16.5 Å². The van der Waals surface area contributed by atoms with Crippen LogP contribution >= 0.6 is 0 Å². The van der Waals surface area contributed by atoms with E-state index in [-0.39, 0.29) is 0 Å². The van der Waals surface area contributed by atoms with Crippen molar-refractivity contribution in [1.29, 1.82) is 0 Å². The maximum Gasteiger partial charge on any atom is 0.129 e. The van der Waals surface area contributed by atoms with Gasteiger partial charge in [-0.05, 0) is 48.4 Å². The summed E-state index contributed by atoms with van der Waals surface area (Å²) in [6, 6.07) is 8.62. The molecule has 1 unspecified atom stereocenters. The molecule has 1 aliphatic heterocycles. The van der Waals surface area contributed by atoms with Crippen LogP contribution in [0.25, 0.3) is 0 Å². The second-order valence-corrected chi connectivity index (χ2v) is 6.31. The summed E-state index contributed by atoms with van der Waals surface area (Å²) in [7, 11) is 0. The first-order valence-electron chi connectivity index (χ1n) is 7.85. The molecule has 1 atom stereocenters. The van der Waals surface area contributed by atoms with Gasteiger partial charge >= 0.3 is 0 Å². The van der Waals surface area contributed by atoms with Crippen molar-refractivity contribution in [3.8, 4) is 0 Å². The molecule has 0 amide bonds. The number of nitrogens with one attached hydrogen (secondary N) is 1. The molecule has 0 bridgehead atoms. The molecular weight excluding hydrogens is 258 g/mol. The molecule has 3 nitrogen and oxygen atoms in total.